The van der Waals surface area contributed by atoms with Crippen LogP contribution in [0.5, 0.6) is 0 Å². The van der Waals surface area contributed by atoms with E-state index in [2.05, 4.69) is 10.3 Å². The van der Waals surface area contributed by atoms with Crippen LogP contribution in [0.1, 0.15) is 0 Å². The lowest BCUT2D eigenvalue weighted by Gasteiger charge is -2.04. The maximum atomic E-state index is 13.7. The first-order valence-corrected chi connectivity index (χ1v) is 7.79. The van der Waals surface area contributed by atoms with Gasteiger partial charge in [-0.1, -0.05) is 23.2 Å². The molecule has 0 saturated heterocycles. The van der Waals surface area contributed by atoms with Crippen LogP contribution in [0.15, 0.2) is 41.8 Å². The molecule has 0 bridgehead atoms. The first kappa shape index (κ1) is 15.2. The van der Waals surface area contributed by atoms with Crippen LogP contribution in [0.2, 0.25) is 10.0 Å². The van der Waals surface area contributed by atoms with Gasteiger partial charge >= 0.3 is 0 Å². The first-order chi connectivity index (χ1) is 10.5. The molecule has 0 saturated carbocycles. The minimum Gasteiger partial charge on any atom is -0.331 e. The Labute approximate surface area is 139 Å². The Morgan fingerprint density at radius 2 is 1.73 bits per heavy atom. The molecule has 3 rings (SSSR count). The van der Waals surface area contributed by atoms with E-state index < -0.39 is 11.6 Å². The molecule has 0 unspecified atom stereocenters. The summed E-state index contributed by atoms with van der Waals surface area (Å²) >= 11 is 13.1. The number of halogens is 4. The molecule has 1 N–H and O–H groups in total. The third kappa shape index (κ3) is 3.38. The first-order valence-electron chi connectivity index (χ1n) is 6.15. The predicted octanol–water partition coefficient (Wildman–Crippen LogP) is 6.14. The lowest BCUT2D eigenvalue weighted by molar-refractivity contribution is 0.585. The topological polar surface area (TPSA) is 24.9 Å². The van der Waals surface area contributed by atoms with E-state index in [1.807, 2.05) is 0 Å². The molecule has 7 heteroatoms. The van der Waals surface area contributed by atoms with E-state index >= 15 is 0 Å². The van der Waals surface area contributed by atoms with Crippen molar-refractivity contribution in [2.45, 2.75) is 0 Å². The summed E-state index contributed by atoms with van der Waals surface area (Å²) in [6, 6.07) is 8.41. The summed E-state index contributed by atoms with van der Waals surface area (Å²) in [5.41, 5.74) is 1.35. The molecule has 1 heterocycles. The lowest BCUT2D eigenvalue weighted by Crippen LogP contribution is -1.91. The second-order valence-electron chi connectivity index (χ2n) is 4.45. The van der Waals surface area contributed by atoms with Gasteiger partial charge in [0.1, 0.15) is 11.6 Å². The molecule has 1 aromatic heterocycles. The molecule has 22 heavy (non-hydrogen) atoms. The zero-order chi connectivity index (χ0) is 15.7. The molecule has 0 fully saturated rings. The highest BCUT2D eigenvalue weighted by atomic mass is 35.5. The van der Waals surface area contributed by atoms with Crippen molar-refractivity contribution < 1.29 is 8.78 Å². The van der Waals surface area contributed by atoms with Crippen LogP contribution in [-0.2, 0) is 0 Å². The minimum absolute atomic E-state index is 0.245. The zero-order valence-electron chi connectivity index (χ0n) is 10.9. The van der Waals surface area contributed by atoms with Gasteiger partial charge in [-0.2, -0.15) is 0 Å². The van der Waals surface area contributed by atoms with E-state index in [0.29, 0.717) is 26.6 Å². The average molecular weight is 357 g/mol. The maximum Gasteiger partial charge on any atom is 0.187 e. The summed E-state index contributed by atoms with van der Waals surface area (Å²) in [7, 11) is 0. The Morgan fingerprint density at radius 3 is 2.41 bits per heavy atom. The number of aromatic nitrogens is 1. The highest BCUT2D eigenvalue weighted by Gasteiger charge is 2.11. The SMILES string of the molecule is Fc1ccc(-c2csc(Nc3cc(Cl)cc(Cl)c3)n2)c(F)c1. The van der Waals surface area contributed by atoms with Crippen molar-refractivity contribution in [2.24, 2.45) is 0 Å². The highest BCUT2D eigenvalue weighted by Crippen LogP contribution is 2.30. The maximum absolute atomic E-state index is 13.7. The normalized spacial score (nSPS) is 10.7. The Morgan fingerprint density at radius 1 is 1.00 bits per heavy atom. The fourth-order valence-electron chi connectivity index (χ4n) is 1.90. The molecular formula is C15H8Cl2F2N2S. The van der Waals surface area contributed by atoms with Gasteiger partial charge in [0.25, 0.3) is 0 Å². The number of benzene rings is 2. The Bertz CT molecular complexity index is 816. The Kier molecular flexibility index (Phi) is 4.29. The summed E-state index contributed by atoms with van der Waals surface area (Å²) in [5.74, 6) is -1.27. The third-order valence-corrected chi connectivity index (χ3v) is 4.02. The van der Waals surface area contributed by atoms with Gasteiger partial charge in [-0.15, -0.1) is 11.3 Å². The van der Waals surface area contributed by atoms with Gasteiger partial charge in [0.2, 0.25) is 0 Å². The van der Waals surface area contributed by atoms with Crippen molar-refractivity contribution in [3.05, 3.63) is 63.5 Å². The summed E-state index contributed by atoms with van der Waals surface area (Å²) in [6.07, 6.45) is 0. The fraction of sp³-hybridized carbons (Fsp3) is 0. The van der Waals surface area contributed by atoms with Gasteiger partial charge in [-0.25, -0.2) is 13.8 Å². The molecular weight excluding hydrogens is 349 g/mol. The van der Waals surface area contributed by atoms with E-state index in [-0.39, 0.29) is 5.56 Å². The molecule has 0 aliphatic rings. The van der Waals surface area contributed by atoms with Crippen LogP contribution in [-0.4, -0.2) is 4.98 Å². The van der Waals surface area contributed by atoms with Crippen molar-refractivity contribution in [3.63, 3.8) is 0 Å². The van der Waals surface area contributed by atoms with Crippen LogP contribution in [0.3, 0.4) is 0 Å². The number of hydrogen-bond acceptors (Lipinski definition) is 3. The summed E-state index contributed by atoms with van der Waals surface area (Å²) in [5, 5.41) is 6.28. The number of thiazole rings is 1. The van der Waals surface area contributed by atoms with Crippen molar-refractivity contribution in [1.29, 1.82) is 0 Å². The highest BCUT2D eigenvalue weighted by molar-refractivity contribution is 7.14. The molecule has 0 amide bonds. The van der Waals surface area contributed by atoms with Crippen LogP contribution in [0.4, 0.5) is 19.6 Å². The molecule has 2 nitrogen and oxygen atoms in total. The smallest absolute Gasteiger partial charge is 0.187 e. The summed E-state index contributed by atoms with van der Waals surface area (Å²) in [4.78, 5) is 4.28. The second kappa shape index (κ2) is 6.20. The fourth-order valence-corrected chi connectivity index (χ4v) is 3.16. The van der Waals surface area contributed by atoms with Gasteiger partial charge in [0, 0.05) is 32.7 Å². The molecule has 0 aliphatic heterocycles. The number of nitrogens with zero attached hydrogens (tertiary/aromatic N) is 1. The van der Waals surface area contributed by atoms with Gasteiger partial charge in [0.05, 0.1) is 5.69 Å². The number of rotatable bonds is 3. The molecule has 112 valence electrons. The number of hydrogen-bond donors (Lipinski definition) is 1. The number of nitrogens with one attached hydrogen (secondary N) is 1. The molecule has 0 atom stereocenters. The standard InChI is InChI=1S/C15H8Cl2F2N2S/c16-8-3-9(17)5-11(4-8)20-15-21-14(7-22-15)12-2-1-10(18)6-13(12)19/h1-7H,(H,20,21). The zero-order valence-corrected chi connectivity index (χ0v) is 13.2. The third-order valence-electron chi connectivity index (χ3n) is 2.83. The van der Waals surface area contributed by atoms with E-state index in [4.69, 9.17) is 23.2 Å². The molecule has 0 spiro atoms. The monoisotopic (exact) mass is 356 g/mol. The van der Waals surface area contributed by atoms with Crippen LogP contribution in [0, 0.1) is 11.6 Å². The Hall–Kier alpha value is -1.69. The van der Waals surface area contributed by atoms with Crippen LogP contribution >= 0.6 is 34.5 Å². The van der Waals surface area contributed by atoms with Crippen molar-refractivity contribution in [3.8, 4) is 11.3 Å². The lowest BCUT2D eigenvalue weighted by atomic mass is 10.1. The summed E-state index contributed by atoms with van der Waals surface area (Å²) in [6.45, 7) is 0. The predicted molar refractivity (Wildman–Crippen MR) is 87.2 cm³/mol. The van der Waals surface area contributed by atoms with E-state index in [9.17, 15) is 8.78 Å². The van der Waals surface area contributed by atoms with Gasteiger partial charge in [0.15, 0.2) is 5.13 Å². The van der Waals surface area contributed by atoms with Crippen molar-refractivity contribution >= 4 is 45.4 Å². The van der Waals surface area contributed by atoms with E-state index in [1.165, 1.54) is 23.5 Å². The molecule has 0 radical (unpaired) electrons. The molecule has 0 aliphatic carbocycles. The largest absolute Gasteiger partial charge is 0.331 e. The van der Waals surface area contributed by atoms with Gasteiger partial charge in [-0.3, -0.25) is 0 Å². The molecule has 3 aromatic rings. The van der Waals surface area contributed by atoms with Gasteiger partial charge < -0.3 is 5.32 Å². The van der Waals surface area contributed by atoms with Crippen molar-refractivity contribution in [2.75, 3.05) is 5.32 Å². The Balaban J connectivity index is 1.87. The minimum atomic E-state index is -0.650. The average Bonchev–Trinajstić information content (AvgIpc) is 2.85. The van der Waals surface area contributed by atoms with E-state index in [0.717, 1.165) is 6.07 Å². The summed E-state index contributed by atoms with van der Waals surface area (Å²) < 4.78 is 26.7. The van der Waals surface area contributed by atoms with Crippen molar-refractivity contribution in [1.82, 2.24) is 4.98 Å². The van der Waals surface area contributed by atoms with Crippen LogP contribution in [0.25, 0.3) is 11.3 Å². The second-order valence-corrected chi connectivity index (χ2v) is 6.18. The van der Waals surface area contributed by atoms with Gasteiger partial charge in [-0.05, 0) is 30.3 Å². The quantitative estimate of drug-likeness (QED) is 0.609. The number of anilines is 2. The van der Waals surface area contributed by atoms with Crippen LogP contribution < -0.4 is 5.32 Å². The van der Waals surface area contributed by atoms with E-state index in [1.54, 1.807) is 23.6 Å². The molecule has 2 aromatic carbocycles.